The topological polar surface area (TPSA) is 43.4 Å². The number of Topliss-reactive ketones (excluding diaryl/α,β-unsaturated/α-hetero) is 1. The number of carbonyl (C=O) groups is 2. The highest BCUT2D eigenvalue weighted by Gasteiger charge is 2.23. The lowest BCUT2D eigenvalue weighted by Gasteiger charge is -2.12. The van der Waals surface area contributed by atoms with Crippen LogP contribution in [0, 0.1) is 5.92 Å². The summed E-state index contributed by atoms with van der Waals surface area (Å²) in [4.78, 5) is 22.7. The van der Waals surface area contributed by atoms with Crippen molar-refractivity contribution in [2.75, 3.05) is 7.11 Å². The third kappa shape index (κ3) is 7.05. The molecule has 0 bridgehead atoms. The number of allylic oxidation sites excluding steroid dienone is 3. The molecule has 0 radical (unpaired) electrons. The Morgan fingerprint density at radius 1 is 1.22 bits per heavy atom. The van der Waals surface area contributed by atoms with Crippen molar-refractivity contribution < 1.29 is 14.3 Å². The molecular formula is C15H24O3. The predicted molar refractivity (Wildman–Crippen MR) is 73.2 cm³/mol. The summed E-state index contributed by atoms with van der Waals surface area (Å²) >= 11 is 0. The molecule has 0 aliphatic heterocycles. The van der Waals surface area contributed by atoms with Crippen LogP contribution in [0.5, 0.6) is 0 Å². The van der Waals surface area contributed by atoms with E-state index in [2.05, 4.69) is 31.2 Å². The van der Waals surface area contributed by atoms with Crippen LogP contribution in [-0.2, 0) is 14.3 Å². The minimum absolute atomic E-state index is 0.140. The fourth-order valence-corrected chi connectivity index (χ4v) is 1.67. The first-order chi connectivity index (χ1) is 8.38. The van der Waals surface area contributed by atoms with Gasteiger partial charge >= 0.3 is 5.97 Å². The Morgan fingerprint density at radius 3 is 2.28 bits per heavy atom. The third-order valence-electron chi connectivity index (χ3n) is 2.81. The lowest BCUT2D eigenvalue weighted by atomic mass is 9.95. The van der Waals surface area contributed by atoms with Crippen molar-refractivity contribution in [2.45, 2.75) is 46.5 Å². The molecule has 0 fully saturated rings. The summed E-state index contributed by atoms with van der Waals surface area (Å²) in [5.74, 6) is -1.23. The van der Waals surface area contributed by atoms with E-state index in [1.165, 1.54) is 19.6 Å². The number of rotatable bonds is 8. The first-order valence-corrected chi connectivity index (χ1v) is 6.26. The second kappa shape index (κ2) is 8.67. The largest absolute Gasteiger partial charge is 0.468 e. The van der Waals surface area contributed by atoms with E-state index in [9.17, 15) is 9.59 Å². The Kier molecular flexibility index (Phi) is 8.01. The van der Waals surface area contributed by atoms with Crippen LogP contribution < -0.4 is 0 Å². The van der Waals surface area contributed by atoms with Crippen molar-refractivity contribution in [1.29, 1.82) is 0 Å². The van der Waals surface area contributed by atoms with Crippen molar-refractivity contribution in [1.82, 2.24) is 0 Å². The van der Waals surface area contributed by atoms with E-state index in [0.29, 0.717) is 12.8 Å². The second-order valence-electron chi connectivity index (χ2n) is 4.80. The van der Waals surface area contributed by atoms with E-state index in [1.54, 1.807) is 0 Å². The van der Waals surface area contributed by atoms with Crippen LogP contribution in [0.15, 0.2) is 23.8 Å². The molecular weight excluding hydrogens is 228 g/mol. The van der Waals surface area contributed by atoms with E-state index in [4.69, 9.17) is 0 Å². The summed E-state index contributed by atoms with van der Waals surface area (Å²) in [7, 11) is 1.31. The van der Waals surface area contributed by atoms with Crippen LogP contribution in [0.4, 0.5) is 0 Å². The quantitative estimate of drug-likeness (QED) is 0.377. The molecule has 18 heavy (non-hydrogen) atoms. The van der Waals surface area contributed by atoms with Gasteiger partial charge in [-0.05, 0) is 46.5 Å². The van der Waals surface area contributed by atoms with Crippen LogP contribution >= 0.6 is 0 Å². The maximum atomic E-state index is 11.4. The average molecular weight is 252 g/mol. The van der Waals surface area contributed by atoms with Crippen LogP contribution in [-0.4, -0.2) is 18.9 Å². The summed E-state index contributed by atoms with van der Waals surface area (Å²) in [6.07, 6.45) is 5.21. The monoisotopic (exact) mass is 252 g/mol. The minimum Gasteiger partial charge on any atom is -0.468 e. The zero-order valence-corrected chi connectivity index (χ0v) is 11.9. The number of ether oxygens (including phenoxy) is 1. The molecule has 0 heterocycles. The maximum absolute atomic E-state index is 11.4. The molecule has 3 nitrogen and oxygen atoms in total. The lowest BCUT2D eigenvalue weighted by molar-refractivity contribution is -0.149. The molecule has 0 aliphatic rings. The fraction of sp³-hybridized carbons (Fsp3) is 0.600. The fourth-order valence-electron chi connectivity index (χ4n) is 1.67. The molecule has 0 amide bonds. The van der Waals surface area contributed by atoms with E-state index in [0.717, 1.165) is 18.4 Å². The SMILES string of the molecule is C=C(CCC=C(C)C)CCC(C(C)=O)C(=O)OC. The maximum Gasteiger partial charge on any atom is 0.316 e. The molecule has 102 valence electrons. The smallest absolute Gasteiger partial charge is 0.316 e. The Balaban J connectivity index is 4.12. The van der Waals surface area contributed by atoms with E-state index in [1.807, 2.05) is 0 Å². The van der Waals surface area contributed by atoms with Gasteiger partial charge in [0.05, 0.1) is 7.11 Å². The molecule has 3 heteroatoms. The first kappa shape index (κ1) is 16.6. The molecule has 0 saturated heterocycles. The second-order valence-corrected chi connectivity index (χ2v) is 4.80. The third-order valence-corrected chi connectivity index (χ3v) is 2.81. The Morgan fingerprint density at radius 2 is 1.83 bits per heavy atom. The predicted octanol–water partition coefficient (Wildman–Crippen LogP) is 3.45. The molecule has 0 rings (SSSR count). The van der Waals surface area contributed by atoms with Gasteiger partial charge < -0.3 is 4.74 Å². The molecule has 0 saturated carbocycles. The number of ketones is 1. The van der Waals surface area contributed by atoms with Gasteiger partial charge in [0.15, 0.2) is 0 Å². The molecule has 1 atom stereocenters. The number of methoxy groups -OCH3 is 1. The molecule has 0 spiro atoms. The van der Waals surface area contributed by atoms with Gasteiger partial charge in [-0.3, -0.25) is 9.59 Å². The molecule has 0 aromatic heterocycles. The van der Waals surface area contributed by atoms with Gasteiger partial charge in [-0.25, -0.2) is 0 Å². The van der Waals surface area contributed by atoms with E-state index >= 15 is 0 Å². The van der Waals surface area contributed by atoms with Crippen molar-refractivity contribution in [3.05, 3.63) is 23.8 Å². The molecule has 0 aromatic carbocycles. The van der Waals surface area contributed by atoms with Gasteiger partial charge in [-0.15, -0.1) is 0 Å². The number of hydrogen-bond donors (Lipinski definition) is 0. The Bertz CT molecular complexity index is 336. The highest BCUT2D eigenvalue weighted by Crippen LogP contribution is 2.17. The summed E-state index contributed by atoms with van der Waals surface area (Å²) in [6.45, 7) is 9.52. The first-order valence-electron chi connectivity index (χ1n) is 6.26. The molecule has 1 unspecified atom stereocenters. The molecule has 0 N–H and O–H groups in total. The van der Waals surface area contributed by atoms with Crippen molar-refractivity contribution in [3.63, 3.8) is 0 Å². The van der Waals surface area contributed by atoms with Crippen molar-refractivity contribution in [2.24, 2.45) is 5.92 Å². The molecule has 0 aliphatic carbocycles. The Hall–Kier alpha value is -1.38. The van der Waals surface area contributed by atoms with Gasteiger partial charge in [0, 0.05) is 0 Å². The van der Waals surface area contributed by atoms with Crippen LogP contribution in [0.2, 0.25) is 0 Å². The highest BCUT2D eigenvalue weighted by atomic mass is 16.5. The lowest BCUT2D eigenvalue weighted by Crippen LogP contribution is -2.23. The molecule has 0 aromatic rings. The standard InChI is InChI=1S/C15H24O3/c1-11(2)7-6-8-12(3)9-10-14(13(4)16)15(17)18-5/h7,14H,3,6,8-10H2,1-2,4-5H3. The van der Waals surface area contributed by atoms with E-state index in [-0.39, 0.29) is 5.78 Å². The van der Waals surface area contributed by atoms with Gasteiger partial charge in [0.2, 0.25) is 0 Å². The zero-order valence-electron chi connectivity index (χ0n) is 11.9. The van der Waals surface area contributed by atoms with Crippen LogP contribution in [0.1, 0.15) is 46.5 Å². The van der Waals surface area contributed by atoms with Gasteiger partial charge in [0.1, 0.15) is 11.7 Å². The number of hydrogen-bond acceptors (Lipinski definition) is 3. The average Bonchev–Trinajstić information content (AvgIpc) is 2.27. The summed E-state index contributed by atoms with van der Waals surface area (Å²) in [5.41, 5.74) is 2.36. The van der Waals surface area contributed by atoms with Crippen molar-refractivity contribution >= 4 is 11.8 Å². The summed E-state index contributed by atoms with van der Waals surface area (Å²) < 4.78 is 4.62. The van der Waals surface area contributed by atoms with Crippen LogP contribution in [0.3, 0.4) is 0 Å². The highest BCUT2D eigenvalue weighted by molar-refractivity contribution is 5.97. The van der Waals surface area contributed by atoms with E-state index < -0.39 is 11.9 Å². The van der Waals surface area contributed by atoms with Gasteiger partial charge in [-0.2, -0.15) is 0 Å². The van der Waals surface area contributed by atoms with Crippen molar-refractivity contribution in [3.8, 4) is 0 Å². The number of esters is 1. The summed E-state index contributed by atoms with van der Waals surface area (Å²) in [6, 6.07) is 0. The Labute approximate surface area is 110 Å². The number of carbonyl (C=O) groups excluding carboxylic acids is 2. The minimum atomic E-state index is -0.643. The zero-order chi connectivity index (χ0) is 14.1. The van der Waals surface area contributed by atoms with Gasteiger partial charge in [0.25, 0.3) is 0 Å². The van der Waals surface area contributed by atoms with Gasteiger partial charge in [-0.1, -0.05) is 23.8 Å². The van der Waals surface area contributed by atoms with Crippen LogP contribution in [0.25, 0.3) is 0 Å². The normalized spacial score (nSPS) is 11.6. The summed E-state index contributed by atoms with van der Waals surface area (Å²) in [5, 5.41) is 0.